The van der Waals surface area contributed by atoms with Gasteiger partial charge in [0.25, 0.3) is 0 Å². The third-order valence-electron chi connectivity index (χ3n) is 3.00. The summed E-state index contributed by atoms with van der Waals surface area (Å²) in [5.41, 5.74) is 0. The minimum atomic E-state index is -0.691. The van der Waals surface area contributed by atoms with Gasteiger partial charge in [0.05, 0.1) is 8.07 Å². The van der Waals surface area contributed by atoms with Crippen LogP contribution >= 0.6 is 0 Å². The van der Waals surface area contributed by atoms with Crippen LogP contribution in [-0.2, 0) is 0 Å². The van der Waals surface area contributed by atoms with Crippen LogP contribution in [0.2, 0.25) is 24.2 Å². The molecule has 58 valence electrons. The molecule has 0 spiro atoms. The van der Waals surface area contributed by atoms with Crippen molar-refractivity contribution in [2.24, 2.45) is 0 Å². The number of hydrogen-bond acceptors (Lipinski definition) is 0. The van der Waals surface area contributed by atoms with E-state index in [-0.39, 0.29) is 20.3 Å². The summed E-state index contributed by atoms with van der Waals surface area (Å²) in [6.07, 6.45) is 0. The second-order valence-electron chi connectivity index (χ2n) is 2.91. The maximum absolute atomic E-state index is 2.36. The first-order valence-corrected chi connectivity index (χ1v) is 7.07. The molecule has 0 bridgehead atoms. The molecular formula is C8H21LiSi. The third kappa shape index (κ3) is 3.28. The SMILES string of the molecule is CC[Si](CC)(CC)CC.[H-].[Li+]. The van der Waals surface area contributed by atoms with E-state index in [1.54, 1.807) is 0 Å². The van der Waals surface area contributed by atoms with E-state index in [0.29, 0.717) is 0 Å². The Morgan fingerprint density at radius 1 is 0.800 bits per heavy atom. The van der Waals surface area contributed by atoms with Crippen molar-refractivity contribution in [3.05, 3.63) is 0 Å². The Balaban J connectivity index is -0.000000320. The Hall–Kier alpha value is 0.814. The zero-order valence-electron chi connectivity index (χ0n) is 9.33. The smallest absolute Gasteiger partial charge is 1.00 e. The van der Waals surface area contributed by atoms with E-state index in [4.69, 9.17) is 0 Å². The second-order valence-corrected chi connectivity index (χ2v) is 8.74. The Labute approximate surface area is 80.5 Å². The summed E-state index contributed by atoms with van der Waals surface area (Å²) in [4.78, 5) is 0. The molecule has 0 fully saturated rings. The van der Waals surface area contributed by atoms with Crippen molar-refractivity contribution in [3.8, 4) is 0 Å². The zero-order chi connectivity index (χ0) is 7.33. The number of rotatable bonds is 4. The van der Waals surface area contributed by atoms with Gasteiger partial charge in [0.1, 0.15) is 0 Å². The quantitative estimate of drug-likeness (QED) is 0.518. The molecule has 0 radical (unpaired) electrons. The van der Waals surface area contributed by atoms with Gasteiger partial charge in [-0.2, -0.15) is 0 Å². The van der Waals surface area contributed by atoms with Crippen molar-refractivity contribution >= 4 is 8.07 Å². The van der Waals surface area contributed by atoms with Gasteiger partial charge in [0.2, 0.25) is 0 Å². The molecule has 0 aliphatic carbocycles. The predicted molar refractivity (Wildman–Crippen MR) is 48.8 cm³/mol. The van der Waals surface area contributed by atoms with E-state index in [9.17, 15) is 0 Å². The average molecular weight is 152 g/mol. The molecule has 0 nitrogen and oxygen atoms in total. The van der Waals surface area contributed by atoms with Crippen LogP contribution in [0.3, 0.4) is 0 Å². The largest absolute Gasteiger partial charge is 1.00 e. The molecule has 10 heavy (non-hydrogen) atoms. The zero-order valence-corrected chi connectivity index (χ0v) is 9.33. The fourth-order valence-electron chi connectivity index (χ4n) is 1.50. The molecule has 0 heterocycles. The van der Waals surface area contributed by atoms with Gasteiger partial charge in [0, 0.05) is 0 Å². The van der Waals surface area contributed by atoms with Gasteiger partial charge in [-0.25, -0.2) is 0 Å². The molecule has 0 aliphatic rings. The first-order valence-electron chi connectivity index (χ1n) is 4.24. The Morgan fingerprint density at radius 2 is 1.00 bits per heavy atom. The van der Waals surface area contributed by atoms with E-state index in [0.717, 1.165) is 0 Å². The topological polar surface area (TPSA) is 0 Å². The summed E-state index contributed by atoms with van der Waals surface area (Å²) < 4.78 is 0. The molecule has 0 saturated carbocycles. The van der Waals surface area contributed by atoms with Crippen LogP contribution in [0.15, 0.2) is 0 Å². The normalized spacial score (nSPS) is 10.8. The molecule has 0 atom stereocenters. The van der Waals surface area contributed by atoms with Gasteiger partial charge in [0.15, 0.2) is 0 Å². The van der Waals surface area contributed by atoms with Crippen molar-refractivity contribution in [3.63, 3.8) is 0 Å². The minimum absolute atomic E-state index is 0. The van der Waals surface area contributed by atoms with Crippen molar-refractivity contribution in [1.29, 1.82) is 0 Å². The van der Waals surface area contributed by atoms with Crippen LogP contribution in [0.4, 0.5) is 0 Å². The summed E-state index contributed by atoms with van der Waals surface area (Å²) >= 11 is 0. The standard InChI is InChI=1S/C8H20Si.Li.H/c1-5-9(6-2,7-3)8-4;;/h5-8H2,1-4H3;;/q;+1;-1. The maximum atomic E-state index is 2.36. The Morgan fingerprint density at radius 3 is 1.00 bits per heavy atom. The van der Waals surface area contributed by atoms with Crippen LogP contribution in [0.1, 0.15) is 29.1 Å². The summed E-state index contributed by atoms with van der Waals surface area (Å²) in [6.45, 7) is 9.46. The molecule has 0 unspecified atom stereocenters. The van der Waals surface area contributed by atoms with Crippen LogP contribution in [0, 0.1) is 0 Å². The van der Waals surface area contributed by atoms with Gasteiger partial charge >= 0.3 is 18.9 Å². The van der Waals surface area contributed by atoms with Crippen molar-refractivity contribution in [1.82, 2.24) is 0 Å². The molecule has 0 aromatic rings. The monoisotopic (exact) mass is 152 g/mol. The van der Waals surface area contributed by atoms with E-state index in [2.05, 4.69) is 27.7 Å². The van der Waals surface area contributed by atoms with E-state index < -0.39 is 8.07 Å². The fraction of sp³-hybridized carbons (Fsp3) is 1.00. The third-order valence-corrected chi connectivity index (χ3v) is 9.00. The second kappa shape index (κ2) is 6.52. The summed E-state index contributed by atoms with van der Waals surface area (Å²) in [5.74, 6) is 0. The molecule has 0 amide bonds. The van der Waals surface area contributed by atoms with Crippen LogP contribution < -0.4 is 18.9 Å². The van der Waals surface area contributed by atoms with Gasteiger partial charge in [-0.15, -0.1) is 0 Å². The number of hydrogen-bond donors (Lipinski definition) is 0. The van der Waals surface area contributed by atoms with Gasteiger partial charge in [-0.1, -0.05) is 51.9 Å². The first kappa shape index (κ1) is 13.4. The maximum Gasteiger partial charge on any atom is 1.00 e. The van der Waals surface area contributed by atoms with E-state index in [1.807, 2.05) is 0 Å². The molecule has 0 aromatic carbocycles. The summed E-state index contributed by atoms with van der Waals surface area (Å²) in [7, 11) is -0.691. The van der Waals surface area contributed by atoms with Crippen LogP contribution in [0.5, 0.6) is 0 Å². The van der Waals surface area contributed by atoms with Crippen molar-refractivity contribution in [2.45, 2.75) is 51.9 Å². The molecular weight excluding hydrogens is 131 g/mol. The average Bonchev–Trinajstić information content (AvgIpc) is 1.95. The van der Waals surface area contributed by atoms with Gasteiger partial charge < -0.3 is 1.43 Å². The van der Waals surface area contributed by atoms with E-state index >= 15 is 0 Å². The van der Waals surface area contributed by atoms with Crippen LogP contribution in [0.25, 0.3) is 0 Å². The van der Waals surface area contributed by atoms with Crippen molar-refractivity contribution < 1.29 is 20.3 Å². The molecule has 0 saturated heterocycles. The fourth-order valence-corrected chi connectivity index (χ4v) is 4.50. The first-order chi connectivity index (χ1) is 4.24. The van der Waals surface area contributed by atoms with E-state index in [1.165, 1.54) is 24.2 Å². The minimum Gasteiger partial charge on any atom is -1.00 e. The Bertz CT molecular complexity index is 57.0. The predicted octanol–water partition coefficient (Wildman–Crippen LogP) is 0.631. The molecule has 2 heteroatoms. The van der Waals surface area contributed by atoms with Gasteiger partial charge in [-0.3, -0.25) is 0 Å². The molecule has 0 rings (SSSR count). The van der Waals surface area contributed by atoms with Crippen LogP contribution in [-0.4, -0.2) is 8.07 Å². The molecule has 0 aliphatic heterocycles. The van der Waals surface area contributed by atoms with Crippen molar-refractivity contribution in [2.75, 3.05) is 0 Å². The summed E-state index contributed by atoms with van der Waals surface area (Å²) in [6, 6.07) is 5.93. The molecule has 0 aromatic heterocycles. The molecule has 0 N–H and O–H groups in total. The summed E-state index contributed by atoms with van der Waals surface area (Å²) in [5, 5.41) is 0. The van der Waals surface area contributed by atoms with Gasteiger partial charge in [-0.05, 0) is 0 Å². The Kier molecular flexibility index (Phi) is 8.74.